The smallest absolute Gasteiger partial charge is 0.406 e. The first-order valence-electron chi connectivity index (χ1n) is 10.4. The zero-order valence-corrected chi connectivity index (χ0v) is 18.3. The van der Waals surface area contributed by atoms with Crippen molar-refractivity contribution in [2.75, 3.05) is 32.5 Å². The second kappa shape index (κ2) is 11.5. The van der Waals surface area contributed by atoms with Gasteiger partial charge in [-0.1, -0.05) is 13.8 Å². The summed E-state index contributed by atoms with van der Waals surface area (Å²) in [5, 5.41) is 15.6. The van der Waals surface area contributed by atoms with Crippen molar-refractivity contribution in [1.29, 1.82) is 0 Å². The molecule has 0 radical (unpaired) electrons. The number of benzene rings is 1. The van der Waals surface area contributed by atoms with Crippen LogP contribution < -0.4 is 31.3 Å². The number of carbonyl (C=O) groups excluding carboxylic acids is 1. The number of urea groups is 1. The molecule has 3 unspecified atom stereocenters. The summed E-state index contributed by atoms with van der Waals surface area (Å²) in [5.41, 5.74) is 0.349. The van der Waals surface area contributed by atoms with Crippen molar-refractivity contribution in [1.82, 2.24) is 26.2 Å². The number of alkyl halides is 3. The van der Waals surface area contributed by atoms with Gasteiger partial charge in [0, 0.05) is 11.7 Å². The second-order valence-corrected chi connectivity index (χ2v) is 8.19. The molecule has 8 nitrogen and oxygen atoms in total. The van der Waals surface area contributed by atoms with Gasteiger partial charge in [-0.2, -0.15) is 0 Å². The number of nitrogens with one attached hydrogen (secondary N) is 5. The molecule has 31 heavy (non-hydrogen) atoms. The zero-order chi connectivity index (χ0) is 23.0. The fraction of sp³-hybridized carbons (Fsp3) is 0.650. The van der Waals surface area contributed by atoms with Gasteiger partial charge in [0.15, 0.2) is 0 Å². The Labute approximate surface area is 181 Å². The number of amides is 2. The molecule has 1 saturated heterocycles. The highest BCUT2D eigenvalue weighted by Crippen LogP contribution is 2.24. The van der Waals surface area contributed by atoms with E-state index >= 15 is 0 Å². The third-order valence-corrected chi connectivity index (χ3v) is 4.84. The van der Waals surface area contributed by atoms with E-state index in [-0.39, 0.29) is 18.0 Å². The lowest BCUT2D eigenvalue weighted by molar-refractivity contribution is -0.274. The molecule has 1 aromatic rings. The van der Waals surface area contributed by atoms with Crippen molar-refractivity contribution in [2.45, 2.75) is 51.5 Å². The van der Waals surface area contributed by atoms with Crippen molar-refractivity contribution in [3.63, 3.8) is 0 Å². The summed E-state index contributed by atoms with van der Waals surface area (Å²) in [6.45, 7) is 6.08. The molecule has 1 aliphatic rings. The van der Waals surface area contributed by atoms with Crippen molar-refractivity contribution in [3.05, 3.63) is 24.3 Å². The van der Waals surface area contributed by atoms with Crippen molar-refractivity contribution >= 4 is 11.7 Å². The summed E-state index contributed by atoms with van der Waals surface area (Å²) in [5.74, 6) is 0.0266. The third-order valence-electron chi connectivity index (χ3n) is 4.84. The highest BCUT2D eigenvalue weighted by molar-refractivity contribution is 5.89. The Morgan fingerprint density at radius 2 is 1.90 bits per heavy atom. The molecular formula is C20H33F3N6O2. The Bertz CT molecular complexity index is 684. The highest BCUT2D eigenvalue weighted by atomic mass is 19.4. The predicted octanol–water partition coefficient (Wildman–Crippen LogP) is 2.47. The first-order chi connectivity index (χ1) is 14.5. The summed E-state index contributed by atoms with van der Waals surface area (Å²) in [6.07, 6.45) is -3.29. The minimum absolute atomic E-state index is 0.0416. The van der Waals surface area contributed by atoms with E-state index in [1.54, 1.807) is 0 Å². The fourth-order valence-electron chi connectivity index (χ4n) is 3.25. The van der Waals surface area contributed by atoms with Crippen LogP contribution in [-0.2, 0) is 0 Å². The lowest BCUT2D eigenvalue weighted by atomic mass is 9.97. The van der Waals surface area contributed by atoms with Crippen LogP contribution in [0.15, 0.2) is 24.3 Å². The average Bonchev–Trinajstić information content (AvgIpc) is 2.65. The molecule has 2 amide bonds. The van der Waals surface area contributed by atoms with Crippen LogP contribution in [0, 0.1) is 5.92 Å². The molecule has 0 spiro atoms. The molecule has 1 aliphatic heterocycles. The Hall–Kier alpha value is -2.08. The van der Waals surface area contributed by atoms with Crippen LogP contribution in [0.2, 0.25) is 0 Å². The zero-order valence-electron chi connectivity index (χ0n) is 18.3. The molecule has 0 saturated carbocycles. The van der Waals surface area contributed by atoms with E-state index in [1.807, 2.05) is 14.1 Å². The minimum atomic E-state index is -4.76. The van der Waals surface area contributed by atoms with Crippen molar-refractivity contribution < 1.29 is 22.7 Å². The summed E-state index contributed by atoms with van der Waals surface area (Å²) in [6, 6.07) is 4.69. The third kappa shape index (κ3) is 9.72. The van der Waals surface area contributed by atoms with E-state index in [0.29, 0.717) is 11.6 Å². The average molecular weight is 447 g/mol. The van der Waals surface area contributed by atoms with Gasteiger partial charge in [0.2, 0.25) is 0 Å². The molecule has 1 aromatic carbocycles. The molecule has 11 heteroatoms. The topological polar surface area (TPSA) is 89.7 Å². The Morgan fingerprint density at radius 3 is 2.48 bits per heavy atom. The van der Waals surface area contributed by atoms with Gasteiger partial charge < -0.3 is 25.6 Å². The molecule has 0 aliphatic carbocycles. The van der Waals surface area contributed by atoms with Crippen molar-refractivity contribution in [2.24, 2.45) is 5.92 Å². The number of rotatable bonds is 9. The number of carbonyl (C=O) groups is 1. The van der Waals surface area contributed by atoms with Crippen LogP contribution in [0.25, 0.3) is 0 Å². The standard InChI is InChI=1S/C20H33F3N6O2/c1-13(2)16-12-17(24-10-5-11-29(3)4)27-18(26-16)28-19(30)25-14-6-8-15(9-7-14)31-20(21,22)23/h6-9,13,16-18,24,26-27H,5,10-12H2,1-4H3,(H2,25,28,30). The van der Waals surface area contributed by atoms with Gasteiger partial charge in [-0.05, 0) is 70.2 Å². The summed E-state index contributed by atoms with van der Waals surface area (Å²) >= 11 is 0. The highest BCUT2D eigenvalue weighted by Gasteiger charge is 2.31. The molecule has 0 bridgehead atoms. The van der Waals surface area contributed by atoms with Gasteiger partial charge in [0.25, 0.3) is 0 Å². The van der Waals surface area contributed by atoms with Gasteiger partial charge in [0.05, 0.1) is 6.17 Å². The molecule has 0 aromatic heterocycles. The lowest BCUT2D eigenvalue weighted by Crippen LogP contribution is -2.69. The first kappa shape index (κ1) is 25.2. The summed E-state index contributed by atoms with van der Waals surface area (Å²) in [4.78, 5) is 14.5. The summed E-state index contributed by atoms with van der Waals surface area (Å²) in [7, 11) is 4.07. The maximum atomic E-state index is 12.4. The van der Waals surface area contributed by atoms with Gasteiger partial charge in [-0.15, -0.1) is 13.2 Å². The molecule has 1 heterocycles. The Morgan fingerprint density at radius 1 is 1.23 bits per heavy atom. The molecular weight excluding hydrogens is 413 g/mol. The van der Waals surface area contributed by atoms with E-state index in [4.69, 9.17) is 0 Å². The van der Waals surface area contributed by atoms with Gasteiger partial charge in [-0.3, -0.25) is 10.6 Å². The van der Waals surface area contributed by atoms with E-state index in [9.17, 15) is 18.0 Å². The van der Waals surface area contributed by atoms with E-state index in [0.717, 1.165) is 38.1 Å². The number of ether oxygens (including phenoxy) is 1. The van der Waals surface area contributed by atoms with Crippen LogP contribution in [0.4, 0.5) is 23.7 Å². The minimum Gasteiger partial charge on any atom is -0.406 e. The number of halogens is 3. The normalized spacial score (nSPS) is 21.9. The lowest BCUT2D eigenvalue weighted by Gasteiger charge is -2.40. The SMILES string of the molecule is CC(C)C1CC(NCCCN(C)C)NC(NC(=O)Nc2ccc(OC(F)(F)F)cc2)N1. The van der Waals surface area contributed by atoms with Crippen LogP contribution in [-0.4, -0.2) is 63.0 Å². The van der Waals surface area contributed by atoms with Gasteiger partial charge in [0.1, 0.15) is 12.0 Å². The summed E-state index contributed by atoms with van der Waals surface area (Å²) < 4.78 is 40.6. The molecule has 3 atom stereocenters. The van der Waals surface area contributed by atoms with Gasteiger partial charge in [-0.25, -0.2) is 4.79 Å². The van der Waals surface area contributed by atoms with Crippen molar-refractivity contribution in [3.8, 4) is 5.75 Å². The number of anilines is 1. The van der Waals surface area contributed by atoms with Crippen LogP contribution in [0.1, 0.15) is 26.7 Å². The monoisotopic (exact) mass is 446 g/mol. The molecule has 1 fully saturated rings. The number of nitrogens with zero attached hydrogens (tertiary/aromatic N) is 1. The molecule has 5 N–H and O–H groups in total. The van der Waals surface area contributed by atoms with E-state index in [1.165, 1.54) is 12.1 Å². The quantitative estimate of drug-likeness (QED) is 0.375. The maximum absolute atomic E-state index is 12.4. The van der Waals surface area contributed by atoms with Crippen LogP contribution in [0.3, 0.4) is 0 Å². The van der Waals surface area contributed by atoms with Crippen LogP contribution >= 0.6 is 0 Å². The fourth-order valence-corrected chi connectivity index (χ4v) is 3.25. The maximum Gasteiger partial charge on any atom is 0.573 e. The molecule has 2 rings (SSSR count). The van der Waals surface area contributed by atoms with Gasteiger partial charge >= 0.3 is 12.4 Å². The van der Waals surface area contributed by atoms with E-state index < -0.39 is 18.7 Å². The molecule has 176 valence electrons. The Kier molecular flexibility index (Phi) is 9.35. The number of hydrogen-bond acceptors (Lipinski definition) is 6. The number of hydrogen-bond donors (Lipinski definition) is 5. The second-order valence-electron chi connectivity index (χ2n) is 8.19. The Balaban J connectivity index is 1.86. The predicted molar refractivity (Wildman–Crippen MR) is 114 cm³/mol. The van der Waals surface area contributed by atoms with Crippen LogP contribution in [0.5, 0.6) is 5.75 Å². The van der Waals surface area contributed by atoms with E-state index in [2.05, 4.69) is 50.1 Å². The largest absolute Gasteiger partial charge is 0.573 e. The first-order valence-corrected chi connectivity index (χ1v) is 10.4.